The molecule has 5 nitrogen and oxygen atoms in total. The van der Waals surface area contributed by atoms with Gasteiger partial charge < -0.3 is 5.32 Å². The van der Waals surface area contributed by atoms with Gasteiger partial charge in [0.1, 0.15) is 4.90 Å². The monoisotopic (exact) mass is 315 g/mol. The van der Waals surface area contributed by atoms with E-state index in [1.807, 2.05) is 49.4 Å². The number of aliphatic imine (C=N–C) groups is 1. The summed E-state index contributed by atoms with van der Waals surface area (Å²) in [7, 11) is -3.59. The molecule has 0 bridgehead atoms. The fourth-order valence-corrected chi connectivity index (χ4v) is 3.92. The minimum Gasteiger partial charge on any atom is -0.324 e. The van der Waals surface area contributed by atoms with E-state index in [1.165, 1.54) is 0 Å². The first-order valence-corrected chi connectivity index (χ1v) is 8.43. The number of nitrogens with zero attached hydrogens (tertiary/aromatic N) is 1. The summed E-state index contributed by atoms with van der Waals surface area (Å²) in [5.74, 6) is 0.251. The molecule has 1 heterocycles. The second kappa shape index (κ2) is 5.46. The van der Waals surface area contributed by atoms with E-state index in [9.17, 15) is 8.42 Å². The third-order valence-corrected chi connectivity index (χ3v) is 4.98. The highest BCUT2D eigenvalue weighted by Crippen LogP contribution is 2.29. The Balaban J connectivity index is 1.95. The Labute approximate surface area is 130 Å². The summed E-state index contributed by atoms with van der Waals surface area (Å²) in [6, 6.07) is 13.4. The van der Waals surface area contributed by atoms with Crippen molar-refractivity contribution in [1.82, 2.24) is 4.72 Å². The van der Waals surface area contributed by atoms with E-state index >= 15 is 0 Å². The van der Waals surface area contributed by atoms with Gasteiger partial charge >= 0.3 is 0 Å². The third kappa shape index (κ3) is 2.82. The van der Waals surface area contributed by atoms with E-state index in [4.69, 9.17) is 0 Å². The lowest BCUT2D eigenvalue weighted by Gasteiger charge is -2.23. The second-order valence-electron chi connectivity index (χ2n) is 5.34. The van der Waals surface area contributed by atoms with Gasteiger partial charge in [0.2, 0.25) is 5.96 Å². The standard InChI is InChI=1S/C16H17N3O2S/c1-11-8-12(2)15-14(9-11)18-16(19-22(15,20)21)17-10-13-6-4-3-5-7-13/h3-9H,10H2,1-2H3,(H2,17,18,19). The molecule has 0 aliphatic carbocycles. The van der Waals surface area contributed by atoms with Gasteiger partial charge in [-0.05, 0) is 36.6 Å². The minimum atomic E-state index is -3.59. The van der Waals surface area contributed by atoms with Crippen molar-refractivity contribution in [2.24, 2.45) is 4.99 Å². The molecule has 0 aromatic heterocycles. The van der Waals surface area contributed by atoms with E-state index in [-0.39, 0.29) is 10.9 Å². The van der Waals surface area contributed by atoms with Gasteiger partial charge in [0.15, 0.2) is 0 Å². The molecule has 3 rings (SSSR count). The van der Waals surface area contributed by atoms with Gasteiger partial charge in [-0.1, -0.05) is 36.4 Å². The van der Waals surface area contributed by atoms with Crippen LogP contribution in [0.1, 0.15) is 16.7 Å². The molecule has 0 saturated heterocycles. The van der Waals surface area contributed by atoms with Crippen LogP contribution in [0.4, 0.5) is 5.69 Å². The number of hydrogen-bond donors (Lipinski definition) is 2. The Morgan fingerprint density at radius 3 is 2.55 bits per heavy atom. The van der Waals surface area contributed by atoms with E-state index in [0.29, 0.717) is 12.2 Å². The molecule has 0 fully saturated rings. The number of anilines is 1. The van der Waals surface area contributed by atoms with Gasteiger partial charge in [-0.2, -0.15) is 0 Å². The van der Waals surface area contributed by atoms with Crippen LogP contribution in [0.25, 0.3) is 0 Å². The number of fused-ring (bicyclic) bond motifs is 1. The molecule has 2 N–H and O–H groups in total. The van der Waals surface area contributed by atoms with Crippen LogP contribution in [0.2, 0.25) is 0 Å². The molecule has 2 aromatic carbocycles. The molecule has 1 aliphatic rings. The number of sulfonamides is 1. The van der Waals surface area contributed by atoms with Crippen LogP contribution in [0, 0.1) is 13.8 Å². The minimum absolute atomic E-state index is 0.251. The highest BCUT2D eigenvalue weighted by Gasteiger charge is 2.28. The molecule has 0 saturated carbocycles. The molecule has 6 heteroatoms. The number of benzene rings is 2. The van der Waals surface area contributed by atoms with Crippen molar-refractivity contribution in [3.05, 3.63) is 59.2 Å². The molecule has 1 aliphatic heterocycles. The maximum atomic E-state index is 12.4. The van der Waals surface area contributed by atoms with E-state index < -0.39 is 10.0 Å². The zero-order valence-electron chi connectivity index (χ0n) is 12.4. The van der Waals surface area contributed by atoms with Crippen LogP contribution in [0.3, 0.4) is 0 Å². The van der Waals surface area contributed by atoms with Crippen molar-refractivity contribution in [2.45, 2.75) is 25.3 Å². The molecule has 114 valence electrons. The summed E-state index contributed by atoms with van der Waals surface area (Å²) in [6.07, 6.45) is 0. The third-order valence-electron chi connectivity index (χ3n) is 3.43. The number of rotatable bonds is 2. The van der Waals surface area contributed by atoms with Gasteiger partial charge in [0.25, 0.3) is 10.0 Å². The van der Waals surface area contributed by atoms with E-state index in [2.05, 4.69) is 15.0 Å². The lowest BCUT2D eigenvalue weighted by atomic mass is 10.1. The molecule has 22 heavy (non-hydrogen) atoms. The normalized spacial score (nSPS) is 17.5. The predicted molar refractivity (Wildman–Crippen MR) is 87.4 cm³/mol. The number of aryl methyl sites for hydroxylation is 2. The van der Waals surface area contributed by atoms with Crippen LogP contribution in [0.15, 0.2) is 52.4 Å². The number of guanidine groups is 1. The first kappa shape index (κ1) is 14.6. The molecule has 0 spiro atoms. The molecular weight excluding hydrogens is 298 g/mol. The largest absolute Gasteiger partial charge is 0.324 e. The lowest BCUT2D eigenvalue weighted by Crippen LogP contribution is -2.41. The van der Waals surface area contributed by atoms with Gasteiger partial charge in [-0.15, -0.1) is 0 Å². The highest BCUT2D eigenvalue weighted by molar-refractivity contribution is 7.90. The smallest absolute Gasteiger partial charge is 0.266 e. The number of nitrogens with one attached hydrogen (secondary N) is 2. The van der Waals surface area contributed by atoms with Crippen LogP contribution < -0.4 is 10.0 Å². The fourth-order valence-electron chi connectivity index (χ4n) is 2.56. The first-order valence-electron chi connectivity index (χ1n) is 6.95. The van der Waals surface area contributed by atoms with Gasteiger partial charge in [0, 0.05) is 0 Å². The topological polar surface area (TPSA) is 70.6 Å². The first-order chi connectivity index (χ1) is 10.5. The maximum absolute atomic E-state index is 12.4. The summed E-state index contributed by atoms with van der Waals surface area (Å²) in [5.41, 5.74) is 3.31. The maximum Gasteiger partial charge on any atom is 0.266 e. The fraction of sp³-hybridized carbons (Fsp3) is 0.188. The Hall–Kier alpha value is -2.34. The molecule has 0 unspecified atom stereocenters. The van der Waals surface area contributed by atoms with Crippen LogP contribution >= 0.6 is 0 Å². The summed E-state index contributed by atoms with van der Waals surface area (Å²) in [6.45, 7) is 4.13. The van der Waals surface area contributed by atoms with E-state index in [0.717, 1.165) is 16.7 Å². The average molecular weight is 315 g/mol. The van der Waals surface area contributed by atoms with Crippen molar-refractivity contribution in [1.29, 1.82) is 0 Å². The zero-order chi connectivity index (χ0) is 15.7. The zero-order valence-corrected chi connectivity index (χ0v) is 13.2. The quantitative estimate of drug-likeness (QED) is 0.895. The summed E-state index contributed by atoms with van der Waals surface area (Å²) in [5, 5.41) is 3.06. The highest BCUT2D eigenvalue weighted by atomic mass is 32.2. The Kier molecular flexibility index (Phi) is 3.62. The number of hydrogen-bond acceptors (Lipinski definition) is 3. The van der Waals surface area contributed by atoms with Gasteiger partial charge in [-0.25, -0.2) is 18.1 Å². The van der Waals surface area contributed by atoms with Crippen LogP contribution in [-0.4, -0.2) is 14.4 Å². The predicted octanol–water partition coefficient (Wildman–Crippen LogP) is 2.56. The van der Waals surface area contributed by atoms with Crippen LogP contribution in [-0.2, 0) is 16.6 Å². The Bertz CT molecular complexity index is 843. The van der Waals surface area contributed by atoms with E-state index in [1.54, 1.807) is 6.92 Å². The molecule has 0 amide bonds. The van der Waals surface area contributed by atoms with Crippen molar-refractivity contribution < 1.29 is 8.42 Å². The summed E-state index contributed by atoms with van der Waals surface area (Å²) in [4.78, 5) is 4.61. The van der Waals surface area contributed by atoms with Crippen molar-refractivity contribution in [3.63, 3.8) is 0 Å². The van der Waals surface area contributed by atoms with Crippen molar-refractivity contribution in [3.8, 4) is 0 Å². The molecular formula is C16H17N3O2S. The average Bonchev–Trinajstić information content (AvgIpc) is 2.44. The molecule has 2 aromatic rings. The van der Waals surface area contributed by atoms with Crippen molar-refractivity contribution >= 4 is 21.7 Å². The summed E-state index contributed by atoms with van der Waals surface area (Å²) < 4.78 is 27.3. The van der Waals surface area contributed by atoms with Gasteiger partial charge in [0.05, 0.1) is 12.2 Å². The van der Waals surface area contributed by atoms with Gasteiger partial charge in [-0.3, -0.25) is 0 Å². The SMILES string of the molecule is Cc1cc(C)c2c(c1)NC(=NCc1ccccc1)NS2(=O)=O. The second-order valence-corrected chi connectivity index (χ2v) is 6.96. The Morgan fingerprint density at radius 2 is 1.82 bits per heavy atom. The molecule has 0 radical (unpaired) electrons. The molecule has 0 atom stereocenters. The van der Waals surface area contributed by atoms with Crippen molar-refractivity contribution in [2.75, 3.05) is 5.32 Å². The lowest BCUT2D eigenvalue weighted by molar-refractivity contribution is 0.591. The Morgan fingerprint density at radius 1 is 1.09 bits per heavy atom. The van der Waals surface area contributed by atoms with Crippen LogP contribution in [0.5, 0.6) is 0 Å². The summed E-state index contributed by atoms with van der Waals surface area (Å²) >= 11 is 0.